The topological polar surface area (TPSA) is 178 Å². The van der Waals surface area contributed by atoms with Crippen LogP contribution in [0, 0.1) is 0 Å². The Morgan fingerprint density at radius 2 is 1.89 bits per heavy atom. The summed E-state index contributed by atoms with van der Waals surface area (Å²) in [5.41, 5.74) is 0.568. The average molecular weight is 619 g/mol. The first-order valence-corrected chi connectivity index (χ1v) is 11.1. The van der Waals surface area contributed by atoms with Crippen molar-refractivity contribution in [3.05, 3.63) is 11.9 Å². The number of methoxy groups -OCH3 is 1. The highest BCUT2D eigenvalue weighted by atomic mass is 127. The molecule has 10 atom stereocenters. The average Bonchev–Trinajstić information content (AvgIpc) is 3.40. The van der Waals surface area contributed by atoms with Gasteiger partial charge in [0.25, 0.3) is 6.23 Å². The molecule has 4 heterocycles. The van der Waals surface area contributed by atoms with Crippen molar-refractivity contribution in [2.75, 3.05) is 20.3 Å². The second kappa shape index (κ2) is 11.4. The molecule has 0 aromatic carbocycles. The number of rotatable bonds is 8. The number of nitrogens with zero attached hydrogens (tertiary/aromatic N) is 3. The molecule has 0 aliphatic carbocycles. The van der Waals surface area contributed by atoms with Gasteiger partial charge in [-0.3, -0.25) is 0 Å². The molecule has 4 rings (SSSR count). The predicted octanol–water partition coefficient (Wildman–Crippen LogP) is -6.55. The SMILES string of the molecule is COC[C@@H](O)[C@H]1O[C@@H]2OC(C)(C)O[C@@H]2[C@H]1OCc1c[n+]([C@@H]2O[C@H](CO)[C@@H](O)[C@H](O)[C@H]2O)nn1C.[I-]. The second-order valence-electron chi connectivity index (χ2n) is 9.20. The number of aliphatic hydroxyl groups is 5. The van der Waals surface area contributed by atoms with Crippen molar-refractivity contribution in [3.8, 4) is 0 Å². The Morgan fingerprint density at radius 3 is 2.54 bits per heavy atom. The molecule has 3 fully saturated rings. The fourth-order valence-electron chi connectivity index (χ4n) is 4.48. The Morgan fingerprint density at radius 1 is 1.17 bits per heavy atom. The van der Waals surface area contributed by atoms with E-state index in [-0.39, 0.29) is 37.2 Å². The Balaban J connectivity index is 0.00000342. The normalized spacial score (nSPS) is 39.3. The number of aromatic nitrogens is 3. The van der Waals surface area contributed by atoms with Crippen LogP contribution in [0.15, 0.2) is 6.20 Å². The monoisotopic (exact) mass is 619 g/mol. The highest BCUT2D eigenvalue weighted by Crippen LogP contribution is 2.40. The van der Waals surface area contributed by atoms with Gasteiger partial charge in [0.2, 0.25) is 0 Å². The van der Waals surface area contributed by atoms with Crippen molar-refractivity contribution < 1.29 is 82.6 Å². The van der Waals surface area contributed by atoms with E-state index in [0.717, 1.165) is 0 Å². The molecule has 0 saturated carbocycles. The largest absolute Gasteiger partial charge is 1.00 e. The maximum Gasteiger partial charge on any atom is 0.253 e. The first-order valence-electron chi connectivity index (χ1n) is 11.1. The van der Waals surface area contributed by atoms with E-state index in [4.69, 9.17) is 28.4 Å². The summed E-state index contributed by atoms with van der Waals surface area (Å²) >= 11 is 0. The van der Waals surface area contributed by atoms with Gasteiger partial charge in [-0.05, 0) is 13.8 Å². The van der Waals surface area contributed by atoms with Gasteiger partial charge in [-0.25, -0.2) is 0 Å². The van der Waals surface area contributed by atoms with E-state index in [9.17, 15) is 25.5 Å². The van der Waals surface area contributed by atoms with Gasteiger partial charge in [0.15, 0.2) is 30.1 Å². The van der Waals surface area contributed by atoms with Crippen molar-refractivity contribution in [2.24, 2.45) is 7.05 Å². The van der Waals surface area contributed by atoms with Crippen molar-refractivity contribution in [2.45, 2.75) is 87.6 Å². The van der Waals surface area contributed by atoms with Crippen LogP contribution in [-0.4, -0.2) is 117 Å². The molecule has 0 unspecified atom stereocenters. The minimum Gasteiger partial charge on any atom is -1.00 e. The standard InChI is InChI=1S/C20H34N3O11.HI/c1-20(2)33-17-16(15(10(25)8-29-4)32-19(17)34-20)30-7-9-5-23(21-22(9)3)18-14(28)13(27)12(26)11(6-24)31-18;/h5,10-19,24-28H,6-8H2,1-4H3;1H/q+1;/p-1/t10-,11-,12-,13+,14-,15-,16+,17-,18-,19-;/m1./s1. The summed E-state index contributed by atoms with van der Waals surface area (Å²) in [5.74, 6) is -0.868. The molecule has 3 saturated heterocycles. The number of hydrogen-bond acceptors (Lipinski definition) is 12. The number of aliphatic hydroxyl groups excluding tert-OH is 5. The fraction of sp³-hybridized carbons (Fsp3) is 0.900. The van der Waals surface area contributed by atoms with Crippen LogP contribution in [0.1, 0.15) is 25.8 Å². The number of fused-ring (bicyclic) bond motifs is 1. The number of hydrogen-bond donors (Lipinski definition) is 5. The summed E-state index contributed by atoms with van der Waals surface area (Å²) in [6, 6.07) is 0. The van der Waals surface area contributed by atoms with Gasteiger partial charge in [-0.1, -0.05) is 0 Å². The lowest BCUT2D eigenvalue weighted by atomic mass is 9.98. The zero-order valence-electron chi connectivity index (χ0n) is 19.9. The van der Waals surface area contributed by atoms with Gasteiger partial charge in [0.05, 0.1) is 18.4 Å². The molecule has 1 aromatic rings. The molecular formula is C20H34IN3O11. The number of ether oxygens (including phenoxy) is 6. The molecule has 202 valence electrons. The zero-order chi connectivity index (χ0) is 24.8. The lowest BCUT2D eigenvalue weighted by molar-refractivity contribution is -0.826. The van der Waals surface area contributed by atoms with Gasteiger partial charge < -0.3 is 77.9 Å². The summed E-state index contributed by atoms with van der Waals surface area (Å²) in [7, 11) is 3.13. The molecule has 0 radical (unpaired) electrons. The van der Waals surface area contributed by atoms with Crippen LogP contribution in [0.2, 0.25) is 0 Å². The van der Waals surface area contributed by atoms with Crippen molar-refractivity contribution in [1.82, 2.24) is 9.90 Å². The third kappa shape index (κ3) is 5.80. The Kier molecular flexibility index (Phi) is 9.48. The first kappa shape index (κ1) is 29.0. The van der Waals surface area contributed by atoms with Crippen LogP contribution in [0.3, 0.4) is 0 Å². The van der Waals surface area contributed by atoms with Gasteiger partial charge in [0.1, 0.15) is 56.4 Å². The number of aryl methyl sites for hydroxylation is 1. The number of halogens is 1. The third-order valence-corrected chi connectivity index (χ3v) is 6.23. The Labute approximate surface area is 219 Å². The summed E-state index contributed by atoms with van der Waals surface area (Å²) < 4.78 is 37.1. The molecule has 3 aliphatic rings. The first-order chi connectivity index (χ1) is 16.1. The molecule has 3 aliphatic heterocycles. The molecule has 0 spiro atoms. The smallest absolute Gasteiger partial charge is 0.253 e. The van der Waals surface area contributed by atoms with Gasteiger partial charge in [0, 0.05) is 7.11 Å². The molecule has 14 nitrogen and oxygen atoms in total. The summed E-state index contributed by atoms with van der Waals surface area (Å²) in [5, 5.41) is 54.6. The molecule has 0 amide bonds. The highest BCUT2D eigenvalue weighted by Gasteiger charge is 2.57. The van der Waals surface area contributed by atoms with E-state index in [1.807, 2.05) is 0 Å². The van der Waals surface area contributed by atoms with Gasteiger partial charge in [-0.15, -0.1) is 9.36 Å². The quantitative estimate of drug-likeness (QED) is 0.138. The highest BCUT2D eigenvalue weighted by molar-refractivity contribution is 4.98. The zero-order valence-corrected chi connectivity index (χ0v) is 22.0. The van der Waals surface area contributed by atoms with Crippen molar-refractivity contribution >= 4 is 0 Å². The molecule has 1 aromatic heterocycles. The van der Waals surface area contributed by atoms with Crippen LogP contribution in [0.4, 0.5) is 0 Å². The Bertz CT molecular complexity index is 843. The van der Waals surface area contributed by atoms with E-state index in [2.05, 4.69) is 5.21 Å². The van der Waals surface area contributed by atoms with Crippen LogP contribution in [0.25, 0.3) is 0 Å². The molecule has 0 bridgehead atoms. The van der Waals surface area contributed by atoms with Crippen LogP contribution in [-0.2, 0) is 42.1 Å². The van der Waals surface area contributed by atoms with E-state index in [0.29, 0.717) is 5.69 Å². The maximum atomic E-state index is 10.5. The van der Waals surface area contributed by atoms with Crippen LogP contribution >= 0.6 is 0 Å². The van der Waals surface area contributed by atoms with Crippen molar-refractivity contribution in [3.63, 3.8) is 0 Å². The van der Waals surface area contributed by atoms with E-state index in [1.165, 1.54) is 16.5 Å². The predicted molar refractivity (Wildman–Crippen MR) is 108 cm³/mol. The van der Waals surface area contributed by atoms with E-state index < -0.39 is 73.7 Å². The fourth-order valence-corrected chi connectivity index (χ4v) is 4.48. The summed E-state index contributed by atoms with van der Waals surface area (Å²) in [6.45, 7) is 3.05. The van der Waals surface area contributed by atoms with Crippen LogP contribution < -0.4 is 28.7 Å². The third-order valence-electron chi connectivity index (χ3n) is 6.23. The lowest BCUT2D eigenvalue weighted by Gasteiger charge is -2.37. The van der Waals surface area contributed by atoms with E-state index >= 15 is 0 Å². The van der Waals surface area contributed by atoms with Crippen molar-refractivity contribution in [1.29, 1.82) is 0 Å². The van der Waals surface area contributed by atoms with Gasteiger partial charge in [-0.2, -0.15) is 0 Å². The Hall–Kier alpha value is -0.570. The molecule has 15 heteroatoms. The molecule has 35 heavy (non-hydrogen) atoms. The second-order valence-corrected chi connectivity index (χ2v) is 9.20. The minimum atomic E-state index is -1.52. The molecule has 5 N–H and O–H groups in total. The van der Waals surface area contributed by atoms with E-state index in [1.54, 1.807) is 27.1 Å². The summed E-state index contributed by atoms with van der Waals surface area (Å²) in [6.07, 6.45) is -8.79. The maximum absolute atomic E-state index is 10.5. The lowest BCUT2D eigenvalue weighted by Crippen LogP contribution is -3.00. The molecular weight excluding hydrogens is 585 g/mol. The van der Waals surface area contributed by atoms with Crippen LogP contribution in [0.5, 0.6) is 0 Å². The minimum absolute atomic E-state index is 0. The summed E-state index contributed by atoms with van der Waals surface area (Å²) in [4.78, 5) is 0. The van der Waals surface area contributed by atoms with Gasteiger partial charge >= 0.3 is 0 Å².